The van der Waals surface area contributed by atoms with E-state index >= 15 is 0 Å². The average Bonchev–Trinajstić information content (AvgIpc) is 3.57. The molecule has 49 heavy (non-hydrogen) atoms. The number of nitrogens with zero attached hydrogens (tertiary/aromatic N) is 4. The Hall–Kier alpha value is -4.14. The monoisotopic (exact) mass is 710 g/mol. The molecule has 0 spiro atoms. The third-order valence-corrected chi connectivity index (χ3v) is 9.78. The minimum absolute atomic E-state index is 0.00866. The van der Waals surface area contributed by atoms with Crippen molar-refractivity contribution in [2.75, 3.05) is 12.3 Å². The van der Waals surface area contributed by atoms with Gasteiger partial charge in [0.05, 0.1) is 6.61 Å². The van der Waals surface area contributed by atoms with Crippen LogP contribution in [0.5, 0.6) is 5.75 Å². The lowest BCUT2D eigenvalue weighted by atomic mass is 10.1. The maximum absolute atomic E-state index is 14.7. The van der Waals surface area contributed by atoms with Gasteiger partial charge in [0.15, 0.2) is 23.2 Å². The lowest BCUT2D eigenvalue weighted by molar-refractivity contribution is -0.147. The molecule has 0 bridgehead atoms. The SMILES string of the molecule is CC(C)C[C@H](NP(=O)(OC[C@H]1O[C@@H](n2c(Cl)nc3c(N)ncnc32)C(O)[C@H]1O)Oc1cccc2ccccc12)C(=O)OCc1ccccc1. The molecular formula is C33H36ClN6O8P. The van der Waals surface area contributed by atoms with Crippen LogP contribution in [0, 0.1) is 5.92 Å². The van der Waals surface area contributed by atoms with E-state index in [4.69, 9.17) is 35.9 Å². The molecule has 1 aliphatic rings. The van der Waals surface area contributed by atoms with Gasteiger partial charge in [-0.3, -0.25) is 13.9 Å². The predicted molar refractivity (Wildman–Crippen MR) is 181 cm³/mol. The summed E-state index contributed by atoms with van der Waals surface area (Å²) in [5.41, 5.74) is 7.06. The van der Waals surface area contributed by atoms with Crippen molar-refractivity contribution in [2.45, 2.75) is 57.5 Å². The number of esters is 1. The summed E-state index contributed by atoms with van der Waals surface area (Å²) >= 11 is 6.37. The van der Waals surface area contributed by atoms with Gasteiger partial charge in [0.25, 0.3) is 0 Å². The van der Waals surface area contributed by atoms with Crippen LogP contribution in [0.15, 0.2) is 79.1 Å². The van der Waals surface area contributed by atoms with Gasteiger partial charge >= 0.3 is 13.7 Å². The molecule has 6 atom stereocenters. The topological polar surface area (TPSA) is 193 Å². The molecule has 5 N–H and O–H groups in total. The number of nitrogens with two attached hydrogens (primary N) is 1. The van der Waals surface area contributed by atoms with Crippen molar-refractivity contribution >= 4 is 53.1 Å². The second-order valence-corrected chi connectivity index (χ2v) is 14.0. The number of aliphatic hydroxyl groups excluding tert-OH is 2. The number of aromatic nitrogens is 4. The molecule has 1 fully saturated rings. The van der Waals surface area contributed by atoms with Crippen LogP contribution in [-0.4, -0.2) is 66.7 Å². The molecule has 0 aliphatic carbocycles. The number of nitrogens with one attached hydrogen (secondary N) is 1. The highest BCUT2D eigenvalue weighted by molar-refractivity contribution is 7.52. The van der Waals surface area contributed by atoms with E-state index in [1.54, 1.807) is 18.2 Å². The van der Waals surface area contributed by atoms with Gasteiger partial charge in [0, 0.05) is 5.39 Å². The molecule has 3 heterocycles. The normalized spacial score (nSPS) is 21.2. The van der Waals surface area contributed by atoms with Crippen molar-refractivity contribution in [3.8, 4) is 5.75 Å². The average molecular weight is 711 g/mol. The molecule has 1 saturated heterocycles. The van der Waals surface area contributed by atoms with Gasteiger partial charge < -0.3 is 29.9 Å². The highest BCUT2D eigenvalue weighted by atomic mass is 35.5. The number of benzene rings is 3. The zero-order valence-corrected chi connectivity index (χ0v) is 28.3. The number of fused-ring (bicyclic) bond motifs is 2. The van der Waals surface area contributed by atoms with Gasteiger partial charge in [-0.1, -0.05) is 80.6 Å². The molecule has 0 radical (unpaired) electrons. The van der Waals surface area contributed by atoms with E-state index < -0.39 is 50.9 Å². The lowest BCUT2D eigenvalue weighted by Gasteiger charge is -2.27. The second kappa shape index (κ2) is 14.8. The second-order valence-electron chi connectivity index (χ2n) is 12.0. The zero-order chi connectivity index (χ0) is 34.7. The van der Waals surface area contributed by atoms with Crippen molar-refractivity contribution in [1.29, 1.82) is 0 Å². The fraction of sp³-hybridized carbons (Fsp3) is 0.333. The molecular weight excluding hydrogens is 675 g/mol. The quantitative estimate of drug-likeness (QED) is 0.0741. The number of rotatable bonds is 13. The third kappa shape index (κ3) is 7.71. The number of anilines is 1. The highest BCUT2D eigenvalue weighted by Gasteiger charge is 2.47. The number of aliphatic hydroxyl groups is 2. The Morgan fingerprint density at radius 2 is 1.80 bits per heavy atom. The summed E-state index contributed by atoms with van der Waals surface area (Å²) in [7, 11) is -4.45. The van der Waals surface area contributed by atoms with Crippen LogP contribution < -0.4 is 15.3 Å². The first kappa shape index (κ1) is 34.7. The van der Waals surface area contributed by atoms with Crippen LogP contribution in [0.3, 0.4) is 0 Å². The molecule has 16 heteroatoms. The molecule has 1 aliphatic heterocycles. The number of nitrogen functional groups attached to an aromatic ring is 1. The molecule has 5 aromatic rings. The van der Waals surface area contributed by atoms with Crippen LogP contribution in [0.1, 0.15) is 32.1 Å². The van der Waals surface area contributed by atoms with Crippen LogP contribution in [-0.2, 0) is 30.0 Å². The number of carbonyl (C=O) groups excluding carboxylic acids is 1. The standard InChI is InChI=1S/C33H36ClN6O8P/c1-19(2)15-23(32(43)45-16-20-9-4-3-5-10-20)39-49(44,48-24-14-8-12-21-11-6-7-13-22(21)24)46-17-25-27(41)28(42)31(47-25)40-30-26(38-33(40)34)29(35)36-18-37-30/h3-14,18-19,23,25,27-28,31,41-42H,15-17H2,1-2H3,(H,39,44)(H2,35,36,37)/t23-,25+,27-,28?,31+,49?/m0/s1. The molecule has 14 nitrogen and oxygen atoms in total. The molecule has 2 aromatic heterocycles. The number of hydrogen-bond donors (Lipinski definition) is 4. The number of carbonyl (C=O) groups is 1. The van der Waals surface area contributed by atoms with Gasteiger partial charge in [-0.05, 0) is 41.0 Å². The molecule has 258 valence electrons. The van der Waals surface area contributed by atoms with Crippen molar-refractivity contribution in [2.24, 2.45) is 5.92 Å². The molecule has 0 amide bonds. The Bertz CT molecular complexity index is 1980. The summed E-state index contributed by atoms with van der Waals surface area (Å²) in [5.74, 6) is -0.376. The van der Waals surface area contributed by atoms with Crippen LogP contribution in [0.4, 0.5) is 5.82 Å². The maximum Gasteiger partial charge on any atom is 0.459 e. The van der Waals surface area contributed by atoms with Crippen LogP contribution >= 0.6 is 19.3 Å². The van der Waals surface area contributed by atoms with Crippen molar-refractivity contribution in [3.05, 3.63) is 90.0 Å². The Morgan fingerprint density at radius 3 is 2.57 bits per heavy atom. The number of hydrogen-bond acceptors (Lipinski definition) is 12. The largest absolute Gasteiger partial charge is 0.460 e. The van der Waals surface area contributed by atoms with E-state index in [0.29, 0.717) is 5.39 Å². The fourth-order valence-electron chi connectivity index (χ4n) is 5.56. The van der Waals surface area contributed by atoms with Crippen molar-refractivity contribution < 1.29 is 38.1 Å². The van der Waals surface area contributed by atoms with Crippen molar-refractivity contribution in [1.82, 2.24) is 24.6 Å². The van der Waals surface area contributed by atoms with Crippen molar-refractivity contribution in [3.63, 3.8) is 0 Å². The molecule has 2 unspecified atom stereocenters. The van der Waals surface area contributed by atoms with Crippen LogP contribution in [0.2, 0.25) is 5.28 Å². The van der Waals surface area contributed by atoms with E-state index in [9.17, 15) is 19.6 Å². The first-order valence-corrected chi connectivity index (χ1v) is 17.5. The minimum atomic E-state index is -4.45. The number of ether oxygens (including phenoxy) is 2. The molecule has 3 aromatic carbocycles. The highest BCUT2D eigenvalue weighted by Crippen LogP contribution is 2.48. The van der Waals surface area contributed by atoms with Gasteiger partial charge in [0.1, 0.15) is 43.0 Å². The summed E-state index contributed by atoms with van der Waals surface area (Å²) in [6.07, 6.45) is -4.09. The van der Waals surface area contributed by atoms with Gasteiger partial charge in [-0.25, -0.2) is 19.5 Å². The third-order valence-electron chi connectivity index (χ3n) is 7.96. The summed E-state index contributed by atoms with van der Waals surface area (Å²) < 4.78 is 39.6. The summed E-state index contributed by atoms with van der Waals surface area (Å²) in [6.45, 7) is 3.29. The molecule has 6 rings (SSSR count). The minimum Gasteiger partial charge on any atom is -0.460 e. The molecule has 0 saturated carbocycles. The summed E-state index contributed by atoms with van der Waals surface area (Å²) in [4.78, 5) is 25.7. The Morgan fingerprint density at radius 1 is 1.06 bits per heavy atom. The van der Waals surface area contributed by atoms with E-state index in [1.165, 1.54) is 10.9 Å². The smallest absolute Gasteiger partial charge is 0.459 e. The maximum atomic E-state index is 14.7. The number of halogens is 1. The van der Waals surface area contributed by atoms with E-state index in [-0.39, 0.29) is 47.0 Å². The van der Waals surface area contributed by atoms with E-state index in [1.807, 2.05) is 68.4 Å². The van der Waals surface area contributed by atoms with E-state index in [0.717, 1.165) is 10.9 Å². The first-order valence-electron chi connectivity index (χ1n) is 15.6. The lowest BCUT2D eigenvalue weighted by Crippen LogP contribution is -2.40. The van der Waals surface area contributed by atoms with Gasteiger partial charge in [-0.2, -0.15) is 5.09 Å². The Kier molecular flexibility index (Phi) is 10.5. The summed E-state index contributed by atoms with van der Waals surface area (Å²) in [6, 6.07) is 20.7. The predicted octanol–water partition coefficient (Wildman–Crippen LogP) is 4.79. The Balaban J connectivity index is 1.26. The van der Waals surface area contributed by atoms with E-state index in [2.05, 4.69) is 20.0 Å². The number of imidazole rings is 1. The fourth-order valence-corrected chi connectivity index (χ4v) is 7.36. The van der Waals surface area contributed by atoms with Gasteiger partial charge in [-0.15, -0.1) is 0 Å². The summed E-state index contributed by atoms with van der Waals surface area (Å²) in [5, 5.41) is 26.2. The zero-order valence-electron chi connectivity index (χ0n) is 26.6. The Labute approximate surface area is 286 Å². The van der Waals surface area contributed by atoms with Crippen LogP contribution in [0.25, 0.3) is 21.9 Å². The van der Waals surface area contributed by atoms with Gasteiger partial charge in [0.2, 0.25) is 5.28 Å². The first-order chi connectivity index (χ1) is 23.5.